The molecule has 21 heavy (non-hydrogen) atoms. The van der Waals surface area contributed by atoms with Crippen LogP contribution in [-0.2, 0) is 19.4 Å². The fourth-order valence-electron chi connectivity index (χ4n) is 2.51. The smallest absolute Gasteiger partial charge is 0.267 e. The second-order valence-corrected chi connectivity index (χ2v) is 6.19. The van der Waals surface area contributed by atoms with Gasteiger partial charge in [-0.25, -0.2) is 4.68 Å². The highest BCUT2D eigenvalue weighted by Gasteiger charge is 2.14. The monoisotopic (exact) mass is 303 g/mol. The van der Waals surface area contributed by atoms with Gasteiger partial charge >= 0.3 is 0 Å². The molecule has 1 aliphatic carbocycles. The molecular weight excluding hydrogens is 286 g/mol. The first-order valence-electron chi connectivity index (χ1n) is 7.07. The third-order valence-electron chi connectivity index (χ3n) is 3.59. The summed E-state index contributed by atoms with van der Waals surface area (Å²) in [6.45, 7) is 2.77. The lowest BCUT2D eigenvalue weighted by atomic mass is 10.2. The molecule has 2 heterocycles. The van der Waals surface area contributed by atoms with Crippen molar-refractivity contribution in [2.24, 2.45) is 0 Å². The van der Waals surface area contributed by atoms with E-state index in [9.17, 15) is 9.59 Å². The topological polar surface area (TPSA) is 64.0 Å². The zero-order valence-electron chi connectivity index (χ0n) is 11.9. The number of hydrogen-bond acceptors (Lipinski definition) is 4. The summed E-state index contributed by atoms with van der Waals surface area (Å²) in [7, 11) is 0. The summed E-state index contributed by atoms with van der Waals surface area (Å²) in [5, 5.41) is 9.16. The summed E-state index contributed by atoms with van der Waals surface area (Å²) < 4.78 is 1.45. The molecule has 5 nitrogen and oxygen atoms in total. The maximum absolute atomic E-state index is 11.9. The lowest BCUT2D eigenvalue weighted by molar-refractivity contribution is 0.0955. The van der Waals surface area contributed by atoms with Crippen LogP contribution in [0.25, 0.3) is 0 Å². The summed E-state index contributed by atoms with van der Waals surface area (Å²) in [5.41, 5.74) is 3.10. The van der Waals surface area contributed by atoms with Gasteiger partial charge in [-0.1, -0.05) is 0 Å². The SMILES string of the molecule is Cc1csc(C(=O)NCCn2nc3c(cc2=O)CCC3)c1. The number of nitrogens with one attached hydrogen (secondary N) is 1. The van der Waals surface area contributed by atoms with E-state index in [0.717, 1.165) is 36.1 Å². The van der Waals surface area contributed by atoms with Gasteiger partial charge in [-0.3, -0.25) is 9.59 Å². The van der Waals surface area contributed by atoms with Crippen LogP contribution in [0.1, 0.15) is 32.9 Å². The number of hydrogen-bond donors (Lipinski definition) is 1. The molecule has 0 fully saturated rings. The molecule has 0 saturated carbocycles. The van der Waals surface area contributed by atoms with E-state index in [1.54, 1.807) is 6.07 Å². The van der Waals surface area contributed by atoms with Gasteiger partial charge in [-0.15, -0.1) is 11.3 Å². The largest absolute Gasteiger partial charge is 0.349 e. The number of carbonyl (C=O) groups is 1. The number of aromatic nitrogens is 2. The summed E-state index contributed by atoms with van der Waals surface area (Å²) in [5.74, 6) is -0.0951. The Bertz CT molecular complexity index is 733. The second-order valence-electron chi connectivity index (χ2n) is 5.28. The van der Waals surface area contributed by atoms with Crippen molar-refractivity contribution >= 4 is 17.2 Å². The van der Waals surface area contributed by atoms with Crippen LogP contribution in [0.4, 0.5) is 0 Å². The minimum atomic E-state index is -0.0951. The first kappa shape index (κ1) is 14.0. The van der Waals surface area contributed by atoms with Gasteiger partial charge < -0.3 is 5.32 Å². The molecule has 110 valence electrons. The van der Waals surface area contributed by atoms with Crippen LogP contribution in [0.2, 0.25) is 0 Å². The molecule has 0 saturated heterocycles. The number of rotatable bonds is 4. The normalized spacial score (nSPS) is 13.2. The molecule has 2 aromatic rings. The maximum Gasteiger partial charge on any atom is 0.267 e. The average Bonchev–Trinajstić information content (AvgIpc) is 3.07. The summed E-state index contributed by atoms with van der Waals surface area (Å²) in [4.78, 5) is 24.5. The van der Waals surface area contributed by atoms with Crippen LogP contribution in [0.5, 0.6) is 0 Å². The zero-order valence-corrected chi connectivity index (χ0v) is 12.7. The highest BCUT2D eigenvalue weighted by Crippen LogP contribution is 2.16. The van der Waals surface area contributed by atoms with Crippen LogP contribution < -0.4 is 10.9 Å². The van der Waals surface area contributed by atoms with Crippen LogP contribution in [0, 0.1) is 6.92 Å². The number of carbonyl (C=O) groups excluding carboxylic acids is 1. The molecule has 0 aromatic carbocycles. The van der Waals surface area contributed by atoms with Crippen LogP contribution in [-0.4, -0.2) is 22.2 Å². The first-order valence-corrected chi connectivity index (χ1v) is 7.95. The molecule has 0 aliphatic heterocycles. The minimum Gasteiger partial charge on any atom is -0.349 e. The Labute approximate surface area is 126 Å². The van der Waals surface area contributed by atoms with Crippen molar-refractivity contribution in [3.63, 3.8) is 0 Å². The molecule has 1 aliphatic rings. The number of thiophene rings is 1. The Morgan fingerprint density at radius 1 is 1.43 bits per heavy atom. The van der Waals surface area contributed by atoms with Crippen molar-refractivity contribution in [3.8, 4) is 0 Å². The average molecular weight is 303 g/mol. The summed E-state index contributed by atoms with van der Waals surface area (Å²) in [6, 6.07) is 3.54. The van der Waals surface area contributed by atoms with Crippen LogP contribution >= 0.6 is 11.3 Å². The third kappa shape index (κ3) is 3.05. The standard InChI is InChI=1S/C15H17N3O2S/c1-10-7-13(21-9-10)15(20)16-5-6-18-14(19)8-11-3-2-4-12(11)17-18/h7-9H,2-6H2,1H3,(H,16,20). The molecule has 1 amide bonds. The Balaban J connectivity index is 1.61. The Morgan fingerprint density at radius 2 is 2.29 bits per heavy atom. The number of amides is 1. The zero-order chi connectivity index (χ0) is 14.8. The number of fused-ring (bicyclic) bond motifs is 1. The number of aryl methyl sites for hydroxylation is 3. The molecule has 0 unspecified atom stereocenters. The van der Waals surface area contributed by atoms with Gasteiger partial charge in [0.1, 0.15) is 0 Å². The van der Waals surface area contributed by atoms with Gasteiger partial charge in [-0.05, 0) is 48.8 Å². The highest BCUT2D eigenvalue weighted by molar-refractivity contribution is 7.12. The van der Waals surface area contributed by atoms with E-state index in [1.807, 2.05) is 18.4 Å². The van der Waals surface area contributed by atoms with Crippen molar-refractivity contribution in [1.29, 1.82) is 0 Å². The molecule has 6 heteroatoms. The minimum absolute atomic E-state index is 0.0862. The molecule has 1 N–H and O–H groups in total. The fourth-order valence-corrected chi connectivity index (χ4v) is 3.33. The van der Waals surface area contributed by atoms with Gasteiger partial charge in [0.25, 0.3) is 11.5 Å². The van der Waals surface area contributed by atoms with Gasteiger partial charge in [0, 0.05) is 12.6 Å². The predicted octanol–water partition coefficient (Wildman–Crippen LogP) is 1.53. The first-order chi connectivity index (χ1) is 10.1. The van der Waals surface area contributed by atoms with Gasteiger partial charge in [-0.2, -0.15) is 5.10 Å². The fraction of sp³-hybridized carbons (Fsp3) is 0.400. The molecule has 0 atom stereocenters. The molecule has 2 aromatic heterocycles. The van der Waals surface area contributed by atoms with Gasteiger partial charge in [0.15, 0.2) is 0 Å². The molecule has 0 bridgehead atoms. The lowest BCUT2D eigenvalue weighted by Crippen LogP contribution is -2.32. The molecule has 0 spiro atoms. The summed E-state index contributed by atoms with van der Waals surface area (Å²) in [6.07, 6.45) is 2.96. The quantitative estimate of drug-likeness (QED) is 0.931. The summed E-state index contributed by atoms with van der Waals surface area (Å²) >= 11 is 1.43. The Morgan fingerprint density at radius 3 is 3.05 bits per heavy atom. The van der Waals surface area contributed by atoms with Crippen molar-refractivity contribution in [3.05, 3.63) is 49.6 Å². The van der Waals surface area contributed by atoms with Crippen LogP contribution in [0.3, 0.4) is 0 Å². The van der Waals surface area contributed by atoms with Crippen molar-refractivity contribution in [1.82, 2.24) is 15.1 Å². The van der Waals surface area contributed by atoms with E-state index >= 15 is 0 Å². The molecule has 0 radical (unpaired) electrons. The van der Waals surface area contributed by atoms with E-state index in [-0.39, 0.29) is 11.5 Å². The van der Waals surface area contributed by atoms with Gasteiger partial charge in [0.05, 0.1) is 17.1 Å². The maximum atomic E-state index is 11.9. The molecule has 3 rings (SSSR count). The van der Waals surface area contributed by atoms with E-state index in [1.165, 1.54) is 16.0 Å². The van der Waals surface area contributed by atoms with Crippen molar-refractivity contribution in [2.75, 3.05) is 6.54 Å². The Kier molecular flexibility index (Phi) is 3.88. The van der Waals surface area contributed by atoms with E-state index in [4.69, 9.17) is 0 Å². The van der Waals surface area contributed by atoms with E-state index in [2.05, 4.69) is 10.4 Å². The Hall–Kier alpha value is -1.95. The van der Waals surface area contributed by atoms with E-state index < -0.39 is 0 Å². The van der Waals surface area contributed by atoms with Crippen LogP contribution in [0.15, 0.2) is 22.3 Å². The molecular formula is C15H17N3O2S. The lowest BCUT2D eigenvalue weighted by Gasteiger charge is -2.07. The van der Waals surface area contributed by atoms with E-state index in [0.29, 0.717) is 18.0 Å². The van der Waals surface area contributed by atoms with Crippen molar-refractivity contribution in [2.45, 2.75) is 32.7 Å². The van der Waals surface area contributed by atoms with Gasteiger partial charge in [0.2, 0.25) is 0 Å². The second kappa shape index (κ2) is 5.81. The predicted molar refractivity (Wildman–Crippen MR) is 81.9 cm³/mol. The van der Waals surface area contributed by atoms with Crippen molar-refractivity contribution < 1.29 is 4.79 Å². The highest BCUT2D eigenvalue weighted by atomic mass is 32.1. The number of nitrogens with zero attached hydrogens (tertiary/aromatic N) is 2. The third-order valence-corrected chi connectivity index (χ3v) is 4.63.